The molecule has 0 amide bonds. The molecule has 0 bridgehead atoms. The lowest BCUT2D eigenvalue weighted by Crippen LogP contribution is -2.15. The highest BCUT2D eigenvalue weighted by Gasteiger charge is 2.13. The summed E-state index contributed by atoms with van der Waals surface area (Å²) in [5.74, 6) is 0. The normalized spacial score (nSPS) is 13.1. The van der Waals surface area contributed by atoms with Crippen molar-refractivity contribution in [1.82, 2.24) is 4.98 Å². The van der Waals surface area contributed by atoms with Gasteiger partial charge in [0, 0.05) is 35.2 Å². The minimum absolute atomic E-state index is 0.750. The summed E-state index contributed by atoms with van der Waals surface area (Å²) in [6, 6.07) is 14.4. The average molecular weight is 379 g/mol. The van der Waals surface area contributed by atoms with E-state index in [-0.39, 0.29) is 0 Å². The van der Waals surface area contributed by atoms with E-state index in [2.05, 4.69) is 60.3 Å². The number of allylic oxidation sites excluding steroid dienone is 3. The van der Waals surface area contributed by atoms with Gasteiger partial charge in [-0.2, -0.15) is 0 Å². The van der Waals surface area contributed by atoms with Gasteiger partial charge >= 0.3 is 0 Å². The number of nitrogens with zero attached hydrogens (tertiary/aromatic N) is 2. The van der Waals surface area contributed by atoms with Crippen LogP contribution < -0.4 is 4.90 Å². The lowest BCUT2D eigenvalue weighted by atomic mass is 10.1. The Morgan fingerprint density at radius 3 is 2.58 bits per heavy atom. The van der Waals surface area contributed by atoms with Gasteiger partial charge < -0.3 is 4.90 Å². The molecule has 1 aromatic heterocycles. The summed E-state index contributed by atoms with van der Waals surface area (Å²) in [6.07, 6.45) is 9.55. The Labute approximate surface area is 163 Å². The fourth-order valence-electron chi connectivity index (χ4n) is 3.09. The zero-order chi connectivity index (χ0) is 18.1. The first-order chi connectivity index (χ1) is 12.6. The van der Waals surface area contributed by atoms with Gasteiger partial charge in [-0.3, -0.25) is 0 Å². The predicted molar refractivity (Wildman–Crippen MR) is 113 cm³/mol. The van der Waals surface area contributed by atoms with E-state index in [1.165, 1.54) is 16.9 Å². The maximum atomic E-state index is 5.99. The van der Waals surface area contributed by atoms with Crippen LogP contribution >= 0.6 is 22.9 Å². The molecule has 0 saturated heterocycles. The Kier molecular flexibility index (Phi) is 4.66. The number of likely N-dealkylation sites (N-methyl/N-ethyl adjacent to an activating group) is 1. The SMILES string of the molecule is Cc1ccc(-c2ncc(-c3ccc(Cl)cc3)s2)cc1N(C)C1=CCC=C1. The van der Waals surface area contributed by atoms with Crippen LogP contribution in [-0.2, 0) is 0 Å². The van der Waals surface area contributed by atoms with E-state index in [0.717, 1.165) is 32.5 Å². The van der Waals surface area contributed by atoms with Crippen LogP contribution in [0.4, 0.5) is 5.69 Å². The summed E-state index contributed by atoms with van der Waals surface area (Å²) < 4.78 is 0. The van der Waals surface area contributed by atoms with E-state index >= 15 is 0 Å². The van der Waals surface area contributed by atoms with Gasteiger partial charge in [-0.1, -0.05) is 48.0 Å². The molecule has 1 heterocycles. The van der Waals surface area contributed by atoms with Gasteiger partial charge in [-0.05, 0) is 48.7 Å². The lowest BCUT2D eigenvalue weighted by molar-refractivity contribution is 1.12. The van der Waals surface area contributed by atoms with Crippen molar-refractivity contribution in [3.8, 4) is 21.0 Å². The molecule has 0 saturated carbocycles. The highest BCUT2D eigenvalue weighted by Crippen LogP contribution is 2.35. The molecule has 26 heavy (non-hydrogen) atoms. The smallest absolute Gasteiger partial charge is 0.123 e. The number of anilines is 1. The molecule has 1 aliphatic rings. The molecule has 0 radical (unpaired) electrons. The highest BCUT2D eigenvalue weighted by molar-refractivity contribution is 7.18. The summed E-state index contributed by atoms with van der Waals surface area (Å²) >= 11 is 7.69. The second kappa shape index (κ2) is 7.10. The van der Waals surface area contributed by atoms with Crippen LogP contribution in [0.3, 0.4) is 0 Å². The highest BCUT2D eigenvalue weighted by atomic mass is 35.5. The second-order valence-electron chi connectivity index (χ2n) is 6.36. The first-order valence-electron chi connectivity index (χ1n) is 8.55. The van der Waals surface area contributed by atoms with E-state index in [1.54, 1.807) is 11.3 Å². The van der Waals surface area contributed by atoms with Crippen LogP contribution in [0.15, 0.2) is 72.6 Å². The van der Waals surface area contributed by atoms with Crippen LogP contribution in [0.25, 0.3) is 21.0 Å². The minimum atomic E-state index is 0.750. The Hall–Kier alpha value is -2.36. The van der Waals surface area contributed by atoms with E-state index in [4.69, 9.17) is 11.6 Å². The topological polar surface area (TPSA) is 16.1 Å². The predicted octanol–water partition coefficient (Wildman–Crippen LogP) is 6.72. The van der Waals surface area contributed by atoms with Crippen LogP contribution in [0.5, 0.6) is 0 Å². The number of aromatic nitrogens is 1. The third-order valence-corrected chi connectivity index (χ3v) is 5.94. The molecule has 3 aromatic rings. The van der Waals surface area contributed by atoms with Crippen LogP contribution in [0.2, 0.25) is 5.02 Å². The van der Waals surface area contributed by atoms with Crippen molar-refractivity contribution in [1.29, 1.82) is 0 Å². The molecule has 0 fully saturated rings. The number of hydrogen-bond acceptors (Lipinski definition) is 3. The van der Waals surface area contributed by atoms with E-state index in [9.17, 15) is 0 Å². The molecule has 1 aliphatic carbocycles. The number of rotatable bonds is 4. The molecule has 4 heteroatoms. The van der Waals surface area contributed by atoms with E-state index in [1.807, 2.05) is 30.5 Å². The average Bonchev–Trinajstić information content (AvgIpc) is 3.34. The summed E-state index contributed by atoms with van der Waals surface area (Å²) in [7, 11) is 2.12. The van der Waals surface area contributed by atoms with Crippen molar-refractivity contribution in [3.63, 3.8) is 0 Å². The Morgan fingerprint density at radius 1 is 1.08 bits per heavy atom. The van der Waals surface area contributed by atoms with Crippen molar-refractivity contribution >= 4 is 28.6 Å². The van der Waals surface area contributed by atoms with Gasteiger partial charge in [0.1, 0.15) is 5.01 Å². The number of halogens is 1. The van der Waals surface area contributed by atoms with Crippen molar-refractivity contribution in [3.05, 3.63) is 83.2 Å². The molecular formula is C22H19ClN2S. The zero-order valence-corrected chi connectivity index (χ0v) is 16.3. The van der Waals surface area contributed by atoms with Gasteiger partial charge in [0.15, 0.2) is 0 Å². The fraction of sp³-hybridized carbons (Fsp3) is 0.136. The summed E-state index contributed by atoms with van der Waals surface area (Å²) in [6.45, 7) is 2.15. The third kappa shape index (κ3) is 3.33. The first kappa shape index (κ1) is 17.1. The van der Waals surface area contributed by atoms with Gasteiger partial charge in [0.05, 0.1) is 4.88 Å². The lowest BCUT2D eigenvalue weighted by Gasteiger charge is -2.22. The second-order valence-corrected chi connectivity index (χ2v) is 7.83. The maximum absolute atomic E-state index is 5.99. The molecule has 0 aliphatic heterocycles. The number of aryl methyl sites for hydroxylation is 1. The zero-order valence-electron chi connectivity index (χ0n) is 14.7. The van der Waals surface area contributed by atoms with E-state index < -0.39 is 0 Å². The molecule has 0 atom stereocenters. The van der Waals surface area contributed by atoms with Gasteiger partial charge in [0.25, 0.3) is 0 Å². The van der Waals surface area contributed by atoms with Gasteiger partial charge in [-0.15, -0.1) is 11.3 Å². The van der Waals surface area contributed by atoms with Gasteiger partial charge in [0.2, 0.25) is 0 Å². The minimum Gasteiger partial charge on any atom is -0.345 e. The standard InChI is InChI=1S/C22H19ClN2S/c1-15-7-8-17(13-20(15)25(2)19-5-3-4-6-19)22-24-14-21(26-22)16-9-11-18(23)12-10-16/h3,5-14H,4H2,1-2H3. The van der Waals surface area contributed by atoms with Crippen molar-refractivity contribution in [2.75, 3.05) is 11.9 Å². The van der Waals surface area contributed by atoms with Crippen LogP contribution in [-0.4, -0.2) is 12.0 Å². The molecule has 2 nitrogen and oxygen atoms in total. The number of hydrogen-bond donors (Lipinski definition) is 0. The molecular weight excluding hydrogens is 360 g/mol. The van der Waals surface area contributed by atoms with E-state index in [0.29, 0.717) is 0 Å². The Balaban J connectivity index is 1.67. The summed E-state index contributed by atoms with van der Waals surface area (Å²) in [4.78, 5) is 8.04. The summed E-state index contributed by atoms with van der Waals surface area (Å²) in [5, 5.41) is 1.78. The van der Waals surface area contributed by atoms with Crippen LogP contribution in [0, 0.1) is 6.92 Å². The molecule has 130 valence electrons. The molecule has 4 rings (SSSR count). The molecule has 0 spiro atoms. The van der Waals surface area contributed by atoms with Gasteiger partial charge in [-0.25, -0.2) is 4.98 Å². The Bertz CT molecular complexity index is 999. The quantitative estimate of drug-likeness (QED) is 0.501. The summed E-state index contributed by atoms with van der Waals surface area (Å²) in [5.41, 5.74) is 6.00. The number of thiazole rings is 1. The maximum Gasteiger partial charge on any atom is 0.123 e. The fourth-order valence-corrected chi connectivity index (χ4v) is 4.14. The molecule has 0 N–H and O–H groups in total. The molecule has 2 aromatic carbocycles. The van der Waals surface area contributed by atoms with Crippen molar-refractivity contribution in [2.45, 2.75) is 13.3 Å². The molecule has 0 unspecified atom stereocenters. The monoisotopic (exact) mass is 378 g/mol. The van der Waals surface area contributed by atoms with Crippen LogP contribution in [0.1, 0.15) is 12.0 Å². The number of benzene rings is 2. The third-order valence-electron chi connectivity index (χ3n) is 4.59. The Morgan fingerprint density at radius 2 is 1.85 bits per heavy atom. The first-order valence-corrected chi connectivity index (χ1v) is 9.74. The largest absolute Gasteiger partial charge is 0.345 e. The van der Waals surface area contributed by atoms with Crippen molar-refractivity contribution in [2.24, 2.45) is 0 Å². The van der Waals surface area contributed by atoms with Crippen molar-refractivity contribution < 1.29 is 0 Å².